The summed E-state index contributed by atoms with van der Waals surface area (Å²) in [6, 6.07) is 10.6. The molecule has 4 rings (SSSR count). The molecule has 0 spiro atoms. The minimum Gasteiger partial charge on any atom is -0.349 e. The Bertz CT molecular complexity index is 950. The van der Waals surface area contributed by atoms with Crippen molar-refractivity contribution in [3.63, 3.8) is 0 Å². The van der Waals surface area contributed by atoms with Gasteiger partial charge in [0.05, 0.1) is 17.2 Å². The van der Waals surface area contributed by atoms with Gasteiger partial charge in [-0.3, -0.25) is 4.79 Å². The number of para-hydroxylation sites is 1. The van der Waals surface area contributed by atoms with Crippen molar-refractivity contribution < 1.29 is 9.18 Å². The Balaban J connectivity index is 1.66. The number of amides is 1. The van der Waals surface area contributed by atoms with Crippen molar-refractivity contribution in [3.05, 3.63) is 53.3 Å². The summed E-state index contributed by atoms with van der Waals surface area (Å²) >= 11 is 0. The number of imidazole rings is 1. The standard InChI is InChI=1S/C19H19FN4O/c1-11(25)21-16-6-3-7-17-18(16)24-19(23-17)22-15-5-2-4-12-8-9-13(20)10-14(12)15/h3,6-10,15H,2,4-5H2,1H3,(H,21,25)(H2,22,23,24)/t15-/m1/s1. The second-order valence-corrected chi connectivity index (χ2v) is 6.40. The molecule has 1 atom stereocenters. The van der Waals surface area contributed by atoms with Gasteiger partial charge in [0.2, 0.25) is 11.9 Å². The molecule has 0 saturated heterocycles. The lowest BCUT2D eigenvalue weighted by atomic mass is 9.88. The molecule has 1 amide bonds. The number of rotatable bonds is 3. The Kier molecular flexibility index (Phi) is 3.87. The predicted octanol–water partition coefficient (Wildman–Crippen LogP) is 4.15. The first-order chi connectivity index (χ1) is 12.1. The minimum absolute atomic E-state index is 0.0178. The van der Waals surface area contributed by atoms with Gasteiger partial charge in [-0.1, -0.05) is 12.1 Å². The number of carbonyl (C=O) groups is 1. The Morgan fingerprint density at radius 1 is 1.32 bits per heavy atom. The first-order valence-electron chi connectivity index (χ1n) is 8.41. The molecule has 0 aliphatic heterocycles. The fraction of sp³-hybridized carbons (Fsp3) is 0.263. The lowest BCUT2D eigenvalue weighted by Crippen LogP contribution is -2.18. The van der Waals surface area contributed by atoms with Gasteiger partial charge in [0.1, 0.15) is 11.3 Å². The average molecular weight is 338 g/mol. The Morgan fingerprint density at radius 3 is 3.04 bits per heavy atom. The summed E-state index contributed by atoms with van der Waals surface area (Å²) in [5, 5.41) is 6.18. The number of anilines is 2. The topological polar surface area (TPSA) is 69.8 Å². The summed E-state index contributed by atoms with van der Waals surface area (Å²) in [6.45, 7) is 1.47. The summed E-state index contributed by atoms with van der Waals surface area (Å²) in [5.74, 6) is 0.265. The average Bonchev–Trinajstić information content (AvgIpc) is 2.98. The molecule has 1 aromatic heterocycles. The van der Waals surface area contributed by atoms with Gasteiger partial charge in [0.25, 0.3) is 0 Å². The van der Waals surface area contributed by atoms with Crippen molar-refractivity contribution in [1.82, 2.24) is 9.97 Å². The molecule has 3 aromatic rings. The third-order valence-electron chi connectivity index (χ3n) is 4.56. The van der Waals surface area contributed by atoms with E-state index in [1.807, 2.05) is 24.3 Å². The van der Waals surface area contributed by atoms with E-state index in [1.54, 1.807) is 6.07 Å². The first-order valence-corrected chi connectivity index (χ1v) is 8.41. The fourth-order valence-electron chi connectivity index (χ4n) is 3.48. The third kappa shape index (κ3) is 3.07. The molecular weight excluding hydrogens is 319 g/mol. The van der Waals surface area contributed by atoms with Crippen molar-refractivity contribution in [2.75, 3.05) is 10.6 Å². The first kappa shape index (κ1) is 15.6. The largest absolute Gasteiger partial charge is 0.349 e. The number of nitrogens with zero attached hydrogens (tertiary/aromatic N) is 1. The van der Waals surface area contributed by atoms with Crippen LogP contribution in [0.2, 0.25) is 0 Å². The molecule has 0 saturated carbocycles. The van der Waals surface area contributed by atoms with Crippen LogP contribution in [0, 0.1) is 5.82 Å². The molecule has 128 valence electrons. The quantitative estimate of drug-likeness (QED) is 0.672. The molecule has 1 aliphatic carbocycles. The number of nitrogens with one attached hydrogen (secondary N) is 3. The van der Waals surface area contributed by atoms with Gasteiger partial charge in [-0.05, 0) is 54.7 Å². The van der Waals surface area contributed by atoms with Gasteiger partial charge in [-0.15, -0.1) is 0 Å². The Hall–Kier alpha value is -2.89. The van der Waals surface area contributed by atoms with E-state index in [9.17, 15) is 9.18 Å². The number of aromatic amines is 1. The molecule has 0 radical (unpaired) electrons. The molecule has 2 aromatic carbocycles. The predicted molar refractivity (Wildman–Crippen MR) is 96.1 cm³/mol. The van der Waals surface area contributed by atoms with Crippen LogP contribution in [0.5, 0.6) is 0 Å². The van der Waals surface area contributed by atoms with Crippen LogP contribution in [0.3, 0.4) is 0 Å². The zero-order valence-electron chi connectivity index (χ0n) is 13.9. The Labute approximate surface area is 144 Å². The maximum absolute atomic E-state index is 13.7. The number of benzene rings is 2. The smallest absolute Gasteiger partial charge is 0.221 e. The van der Waals surface area contributed by atoms with Gasteiger partial charge in [-0.2, -0.15) is 0 Å². The van der Waals surface area contributed by atoms with E-state index in [0.717, 1.165) is 30.3 Å². The summed E-state index contributed by atoms with van der Waals surface area (Å²) in [5.41, 5.74) is 4.39. The van der Waals surface area contributed by atoms with Gasteiger partial charge in [0.15, 0.2) is 0 Å². The van der Waals surface area contributed by atoms with E-state index in [4.69, 9.17) is 0 Å². The van der Waals surface area contributed by atoms with E-state index in [0.29, 0.717) is 17.2 Å². The maximum Gasteiger partial charge on any atom is 0.221 e. The summed E-state index contributed by atoms with van der Waals surface area (Å²) in [7, 11) is 0. The van der Waals surface area contributed by atoms with Crippen LogP contribution in [0.15, 0.2) is 36.4 Å². The molecule has 6 heteroatoms. The number of H-pyrrole nitrogens is 1. The molecule has 1 aliphatic rings. The van der Waals surface area contributed by atoms with Gasteiger partial charge in [0, 0.05) is 6.92 Å². The zero-order chi connectivity index (χ0) is 17.4. The summed E-state index contributed by atoms with van der Waals surface area (Å²) in [6.07, 6.45) is 2.94. The second-order valence-electron chi connectivity index (χ2n) is 6.40. The fourth-order valence-corrected chi connectivity index (χ4v) is 3.48. The maximum atomic E-state index is 13.7. The van der Waals surface area contributed by atoms with Crippen LogP contribution in [-0.2, 0) is 11.2 Å². The lowest BCUT2D eigenvalue weighted by Gasteiger charge is -2.26. The molecule has 0 unspecified atom stereocenters. The normalized spacial score (nSPS) is 16.5. The number of carbonyl (C=O) groups excluding carboxylic acids is 1. The highest BCUT2D eigenvalue weighted by Gasteiger charge is 2.22. The third-order valence-corrected chi connectivity index (χ3v) is 4.56. The molecule has 1 heterocycles. The van der Waals surface area contributed by atoms with Crippen LogP contribution in [0.25, 0.3) is 11.0 Å². The zero-order valence-corrected chi connectivity index (χ0v) is 13.9. The van der Waals surface area contributed by atoms with Crippen molar-refractivity contribution in [3.8, 4) is 0 Å². The lowest BCUT2D eigenvalue weighted by molar-refractivity contribution is -0.114. The van der Waals surface area contributed by atoms with Gasteiger partial charge in [-0.25, -0.2) is 9.37 Å². The minimum atomic E-state index is -0.218. The molecule has 0 bridgehead atoms. The SMILES string of the molecule is CC(=O)Nc1cccc2[nH]c(N[C@@H]3CCCc4ccc(F)cc43)nc12. The number of fused-ring (bicyclic) bond motifs is 2. The van der Waals surface area contributed by atoms with E-state index >= 15 is 0 Å². The van der Waals surface area contributed by atoms with E-state index < -0.39 is 0 Å². The van der Waals surface area contributed by atoms with E-state index in [1.165, 1.54) is 18.6 Å². The van der Waals surface area contributed by atoms with E-state index in [2.05, 4.69) is 20.6 Å². The highest BCUT2D eigenvalue weighted by molar-refractivity contribution is 5.99. The van der Waals surface area contributed by atoms with Gasteiger partial charge < -0.3 is 15.6 Å². The number of hydrogen-bond donors (Lipinski definition) is 3. The van der Waals surface area contributed by atoms with Crippen LogP contribution in [0.1, 0.15) is 36.9 Å². The van der Waals surface area contributed by atoms with Crippen molar-refractivity contribution >= 4 is 28.6 Å². The Morgan fingerprint density at radius 2 is 2.20 bits per heavy atom. The van der Waals surface area contributed by atoms with Crippen LogP contribution in [0.4, 0.5) is 16.0 Å². The molecule has 3 N–H and O–H groups in total. The second kappa shape index (κ2) is 6.20. The number of aromatic nitrogens is 2. The number of aryl methyl sites for hydroxylation is 1. The molecule has 25 heavy (non-hydrogen) atoms. The van der Waals surface area contributed by atoms with Crippen LogP contribution in [-0.4, -0.2) is 15.9 Å². The van der Waals surface area contributed by atoms with Crippen molar-refractivity contribution in [2.24, 2.45) is 0 Å². The van der Waals surface area contributed by atoms with Crippen molar-refractivity contribution in [2.45, 2.75) is 32.2 Å². The highest BCUT2D eigenvalue weighted by atomic mass is 19.1. The van der Waals surface area contributed by atoms with Crippen LogP contribution < -0.4 is 10.6 Å². The number of halogens is 1. The molecule has 5 nitrogen and oxygen atoms in total. The molecular formula is C19H19FN4O. The summed E-state index contributed by atoms with van der Waals surface area (Å²) < 4.78 is 13.7. The van der Waals surface area contributed by atoms with E-state index in [-0.39, 0.29) is 17.8 Å². The van der Waals surface area contributed by atoms with Gasteiger partial charge >= 0.3 is 0 Å². The molecule has 0 fully saturated rings. The highest BCUT2D eigenvalue weighted by Crippen LogP contribution is 2.33. The van der Waals surface area contributed by atoms with Crippen LogP contribution >= 0.6 is 0 Å². The number of hydrogen-bond acceptors (Lipinski definition) is 3. The summed E-state index contributed by atoms with van der Waals surface area (Å²) in [4.78, 5) is 19.2. The van der Waals surface area contributed by atoms with Crippen molar-refractivity contribution in [1.29, 1.82) is 0 Å². The monoisotopic (exact) mass is 338 g/mol.